The van der Waals surface area contributed by atoms with Crippen LogP contribution in [0.3, 0.4) is 0 Å². The highest BCUT2D eigenvalue weighted by molar-refractivity contribution is 5.80. The maximum atomic E-state index is 14.1. The number of pyridine rings is 1. The van der Waals surface area contributed by atoms with Crippen molar-refractivity contribution >= 4 is 28.7 Å². The second-order valence-corrected chi connectivity index (χ2v) is 5.36. The van der Waals surface area contributed by atoms with Gasteiger partial charge in [-0.05, 0) is 42.5 Å². The van der Waals surface area contributed by atoms with Gasteiger partial charge in [-0.25, -0.2) is 9.37 Å². The van der Waals surface area contributed by atoms with E-state index in [1.165, 1.54) is 6.07 Å². The minimum atomic E-state index is -0.233. The molecule has 1 aromatic heterocycles. The summed E-state index contributed by atoms with van der Waals surface area (Å²) in [5.74, 6) is -0.233. The van der Waals surface area contributed by atoms with Crippen LogP contribution in [0.1, 0.15) is 11.3 Å². The van der Waals surface area contributed by atoms with Crippen LogP contribution in [-0.2, 0) is 0 Å². The van der Waals surface area contributed by atoms with Crippen LogP contribution in [0.5, 0.6) is 0 Å². The minimum Gasteiger partial charge on any atom is -0.378 e. The largest absolute Gasteiger partial charge is 0.378 e. The number of hydrogen-bond donors (Lipinski definition) is 0. The van der Waals surface area contributed by atoms with Gasteiger partial charge in [0, 0.05) is 30.7 Å². The highest BCUT2D eigenvalue weighted by Gasteiger charge is 2.02. The molecule has 0 aliphatic heterocycles. The van der Waals surface area contributed by atoms with Crippen molar-refractivity contribution in [3.05, 3.63) is 71.7 Å². The SMILES string of the molecule is CN(C)c1ccc(C=Cc2ccc3ccccc3n2)c(F)c1. The Morgan fingerprint density at radius 2 is 1.77 bits per heavy atom. The van der Waals surface area contributed by atoms with Crippen LogP contribution in [0.25, 0.3) is 23.1 Å². The van der Waals surface area contributed by atoms with E-state index in [2.05, 4.69) is 4.98 Å². The van der Waals surface area contributed by atoms with Crippen LogP contribution >= 0.6 is 0 Å². The lowest BCUT2D eigenvalue weighted by Crippen LogP contribution is -2.08. The van der Waals surface area contributed by atoms with Gasteiger partial charge < -0.3 is 4.90 Å². The van der Waals surface area contributed by atoms with Gasteiger partial charge in [0.25, 0.3) is 0 Å². The number of aromatic nitrogens is 1. The number of nitrogens with zero attached hydrogens (tertiary/aromatic N) is 2. The Labute approximate surface area is 129 Å². The number of anilines is 1. The number of benzene rings is 2. The van der Waals surface area contributed by atoms with Gasteiger partial charge in [0.2, 0.25) is 0 Å². The molecule has 3 heteroatoms. The van der Waals surface area contributed by atoms with E-state index in [-0.39, 0.29) is 5.82 Å². The molecule has 0 radical (unpaired) electrons. The molecule has 110 valence electrons. The maximum absolute atomic E-state index is 14.1. The van der Waals surface area contributed by atoms with Crippen molar-refractivity contribution in [1.29, 1.82) is 0 Å². The van der Waals surface area contributed by atoms with Crippen molar-refractivity contribution in [3.8, 4) is 0 Å². The molecule has 3 rings (SSSR count). The van der Waals surface area contributed by atoms with Crippen molar-refractivity contribution in [2.45, 2.75) is 0 Å². The molecule has 1 heterocycles. The first kappa shape index (κ1) is 14.3. The highest BCUT2D eigenvalue weighted by Crippen LogP contribution is 2.19. The molecule has 3 aromatic rings. The lowest BCUT2D eigenvalue weighted by Gasteiger charge is -2.12. The molecule has 0 amide bonds. The van der Waals surface area contributed by atoms with Gasteiger partial charge in [0.15, 0.2) is 0 Å². The Morgan fingerprint density at radius 1 is 0.955 bits per heavy atom. The predicted octanol–water partition coefficient (Wildman–Crippen LogP) is 4.61. The van der Waals surface area contributed by atoms with Crippen molar-refractivity contribution in [2.75, 3.05) is 19.0 Å². The van der Waals surface area contributed by atoms with Crippen LogP contribution in [-0.4, -0.2) is 19.1 Å². The summed E-state index contributed by atoms with van der Waals surface area (Å²) in [4.78, 5) is 6.42. The third-order valence-electron chi connectivity index (χ3n) is 3.55. The lowest BCUT2D eigenvalue weighted by atomic mass is 10.1. The molecule has 22 heavy (non-hydrogen) atoms. The molecular formula is C19H17FN2. The van der Waals surface area contributed by atoms with Crippen molar-refractivity contribution < 1.29 is 4.39 Å². The van der Waals surface area contributed by atoms with Crippen LogP contribution in [0, 0.1) is 5.82 Å². The summed E-state index contributed by atoms with van der Waals surface area (Å²) in [6.45, 7) is 0. The molecule has 0 fully saturated rings. The Kier molecular flexibility index (Phi) is 3.88. The highest BCUT2D eigenvalue weighted by atomic mass is 19.1. The molecule has 2 nitrogen and oxygen atoms in total. The Balaban J connectivity index is 1.89. The lowest BCUT2D eigenvalue weighted by molar-refractivity contribution is 0.625. The van der Waals surface area contributed by atoms with Crippen LogP contribution in [0.15, 0.2) is 54.6 Å². The van der Waals surface area contributed by atoms with Crippen molar-refractivity contribution in [2.24, 2.45) is 0 Å². The zero-order valence-electron chi connectivity index (χ0n) is 12.6. The standard InChI is InChI=1S/C19H17FN2/c1-22(2)17-12-9-14(18(20)13-17)7-10-16-11-8-15-5-3-4-6-19(15)21-16/h3-13H,1-2H3. The molecule has 0 saturated heterocycles. The molecule has 0 unspecified atom stereocenters. The van der Waals surface area contributed by atoms with Gasteiger partial charge >= 0.3 is 0 Å². The molecule has 0 atom stereocenters. The van der Waals surface area contributed by atoms with Gasteiger partial charge in [-0.15, -0.1) is 0 Å². The first-order valence-corrected chi connectivity index (χ1v) is 7.14. The van der Waals surface area contributed by atoms with E-state index >= 15 is 0 Å². The molecular weight excluding hydrogens is 275 g/mol. The van der Waals surface area contributed by atoms with Crippen molar-refractivity contribution in [3.63, 3.8) is 0 Å². The quantitative estimate of drug-likeness (QED) is 0.700. The summed E-state index contributed by atoms with van der Waals surface area (Å²) in [6, 6.07) is 17.1. The number of halogens is 1. The van der Waals surface area contributed by atoms with Crippen LogP contribution < -0.4 is 4.90 Å². The number of fused-ring (bicyclic) bond motifs is 1. The Morgan fingerprint density at radius 3 is 2.55 bits per heavy atom. The topological polar surface area (TPSA) is 16.1 Å². The molecule has 2 aromatic carbocycles. The van der Waals surface area contributed by atoms with E-state index in [0.717, 1.165) is 22.3 Å². The van der Waals surface area contributed by atoms with Gasteiger partial charge in [-0.2, -0.15) is 0 Å². The van der Waals surface area contributed by atoms with E-state index in [9.17, 15) is 4.39 Å². The molecule has 0 bridgehead atoms. The summed E-state index contributed by atoms with van der Waals surface area (Å²) in [7, 11) is 3.78. The van der Waals surface area contributed by atoms with Gasteiger partial charge in [-0.1, -0.05) is 24.3 Å². The molecule has 0 spiro atoms. The van der Waals surface area contributed by atoms with E-state index in [0.29, 0.717) is 5.56 Å². The van der Waals surface area contributed by atoms with E-state index in [1.807, 2.05) is 67.5 Å². The smallest absolute Gasteiger partial charge is 0.132 e. The van der Waals surface area contributed by atoms with Gasteiger partial charge in [-0.3, -0.25) is 0 Å². The summed E-state index contributed by atoms with van der Waals surface area (Å²) in [6.07, 6.45) is 3.59. The maximum Gasteiger partial charge on any atom is 0.132 e. The molecule has 0 aliphatic rings. The summed E-state index contributed by atoms with van der Waals surface area (Å²) in [5.41, 5.74) is 3.15. The summed E-state index contributed by atoms with van der Waals surface area (Å²) in [5, 5.41) is 1.10. The average molecular weight is 292 g/mol. The fraction of sp³-hybridized carbons (Fsp3) is 0.105. The fourth-order valence-electron chi connectivity index (χ4n) is 2.28. The molecule has 0 saturated carbocycles. The zero-order valence-corrected chi connectivity index (χ0v) is 12.6. The zero-order chi connectivity index (χ0) is 15.5. The number of hydrogen-bond acceptors (Lipinski definition) is 2. The minimum absolute atomic E-state index is 0.233. The van der Waals surface area contributed by atoms with Gasteiger partial charge in [0.05, 0.1) is 11.2 Å². The first-order valence-electron chi connectivity index (χ1n) is 7.14. The number of para-hydroxylation sites is 1. The third kappa shape index (κ3) is 2.98. The predicted molar refractivity (Wildman–Crippen MR) is 91.4 cm³/mol. The van der Waals surface area contributed by atoms with E-state index < -0.39 is 0 Å². The van der Waals surface area contributed by atoms with E-state index in [4.69, 9.17) is 0 Å². The number of rotatable bonds is 3. The second-order valence-electron chi connectivity index (χ2n) is 5.36. The van der Waals surface area contributed by atoms with Gasteiger partial charge in [0.1, 0.15) is 5.82 Å². The molecule has 0 N–H and O–H groups in total. The first-order chi connectivity index (χ1) is 10.6. The third-order valence-corrected chi connectivity index (χ3v) is 3.55. The van der Waals surface area contributed by atoms with Crippen LogP contribution in [0.4, 0.5) is 10.1 Å². The Bertz CT molecular complexity index is 838. The normalized spacial score (nSPS) is 11.2. The van der Waals surface area contributed by atoms with Crippen molar-refractivity contribution in [1.82, 2.24) is 4.98 Å². The molecule has 0 aliphatic carbocycles. The van der Waals surface area contributed by atoms with E-state index in [1.54, 1.807) is 12.1 Å². The van der Waals surface area contributed by atoms with Crippen LogP contribution in [0.2, 0.25) is 0 Å². The monoisotopic (exact) mass is 292 g/mol. The Hall–Kier alpha value is -2.68. The second kappa shape index (κ2) is 5.98. The summed E-state index contributed by atoms with van der Waals surface area (Å²) >= 11 is 0. The fourth-order valence-corrected chi connectivity index (χ4v) is 2.28. The summed E-state index contributed by atoms with van der Waals surface area (Å²) < 4.78 is 14.1. The average Bonchev–Trinajstić information content (AvgIpc) is 2.53.